The van der Waals surface area contributed by atoms with Crippen molar-refractivity contribution in [3.8, 4) is 17.5 Å². The molecule has 1 heterocycles. The lowest BCUT2D eigenvalue weighted by Crippen LogP contribution is -2.13. The van der Waals surface area contributed by atoms with Gasteiger partial charge in [0.2, 0.25) is 0 Å². The van der Waals surface area contributed by atoms with E-state index in [2.05, 4.69) is 29.5 Å². The van der Waals surface area contributed by atoms with Crippen LogP contribution in [0.25, 0.3) is 5.69 Å². The maximum Gasteiger partial charge on any atom is 0.444 e. The van der Waals surface area contributed by atoms with Crippen LogP contribution in [0.5, 0.6) is 11.8 Å². The van der Waals surface area contributed by atoms with Crippen LogP contribution in [0.15, 0.2) is 57.7 Å². The fourth-order valence-corrected chi connectivity index (χ4v) is 2.85. The van der Waals surface area contributed by atoms with Gasteiger partial charge in [-0.15, -0.1) is 0 Å². The van der Waals surface area contributed by atoms with Crippen LogP contribution in [0.3, 0.4) is 0 Å². The van der Waals surface area contributed by atoms with Crippen molar-refractivity contribution in [2.24, 2.45) is 0 Å². The Balaban J connectivity index is 1.49. The van der Waals surface area contributed by atoms with Crippen LogP contribution in [-0.4, -0.2) is 23.5 Å². The average molecular weight is 397 g/mol. The molecular weight excluding hydrogens is 370 g/mol. The monoisotopic (exact) mass is 397 g/mol. The topological polar surface area (TPSA) is 78.5 Å². The van der Waals surface area contributed by atoms with E-state index in [0.717, 1.165) is 34.7 Å². The first-order valence-electron chi connectivity index (χ1n) is 9.90. The lowest BCUT2D eigenvalue weighted by atomic mass is 10.2. The Hall–Kier alpha value is -3.22. The van der Waals surface area contributed by atoms with Gasteiger partial charge < -0.3 is 19.2 Å². The van der Waals surface area contributed by atoms with Crippen LogP contribution < -0.4 is 20.5 Å². The lowest BCUT2D eigenvalue weighted by Gasteiger charge is -2.09. The van der Waals surface area contributed by atoms with Crippen molar-refractivity contribution in [1.82, 2.24) is 9.78 Å². The molecule has 0 atom stereocenters. The highest BCUT2D eigenvalue weighted by atomic mass is 16.6. The van der Waals surface area contributed by atoms with Crippen LogP contribution in [0, 0.1) is 0 Å². The Morgan fingerprint density at radius 2 is 1.79 bits per heavy atom. The quantitative estimate of drug-likeness (QED) is 0.483. The van der Waals surface area contributed by atoms with Gasteiger partial charge in [0.15, 0.2) is 0 Å². The van der Waals surface area contributed by atoms with Gasteiger partial charge >= 0.3 is 11.8 Å². The normalized spacial score (nSPS) is 10.7. The number of unbranched alkanes of at least 4 members (excludes halogenated alkanes) is 3. The predicted octanol–water partition coefficient (Wildman–Crippen LogP) is 4.41. The van der Waals surface area contributed by atoms with Crippen molar-refractivity contribution in [3.05, 3.63) is 64.6 Å². The zero-order chi connectivity index (χ0) is 20.5. The molecule has 154 valence electrons. The van der Waals surface area contributed by atoms with E-state index in [0.29, 0.717) is 12.2 Å². The number of aromatic nitrogens is 2. The summed E-state index contributed by atoms with van der Waals surface area (Å²) < 4.78 is 16.6. The standard InChI is InChI=1S/C22H27N3O4/c1-3-4-5-6-15-28-20-13-7-17(8-14-20)16-23-18-9-11-19(12-10-18)25-22(26)29-21(24-25)27-2/h7-14,23H,3-6,15-16H2,1-2H3. The molecule has 7 nitrogen and oxygen atoms in total. The second-order valence-electron chi connectivity index (χ2n) is 6.70. The first kappa shape index (κ1) is 20.5. The Bertz CT molecular complexity index is 930. The van der Waals surface area contributed by atoms with E-state index in [-0.39, 0.29) is 6.08 Å². The minimum absolute atomic E-state index is 0.0643. The minimum Gasteiger partial charge on any atom is -0.494 e. The molecule has 0 fully saturated rings. The zero-order valence-electron chi connectivity index (χ0n) is 16.9. The van der Waals surface area contributed by atoms with E-state index in [1.54, 1.807) is 12.1 Å². The number of hydrogen-bond donors (Lipinski definition) is 1. The number of anilines is 1. The van der Waals surface area contributed by atoms with Crippen molar-refractivity contribution in [1.29, 1.82) is 0 Å². The van der Waals surface area contributed by atoms with Gasteiger partial charge in [-0.2, -0.15) is 4.68 Å². The Labute approximate surface area is 170 Å². The molecule has 29 heavy (non-hydrogen) atoms. The molecule has 0 saturated carbocycles. The fourth-order valence-electron chi connectivity index (χ4n) is 2.85. The van der Waals surface area contributed by atoms with Crippen molar-refractivity contribution in [3.63, 3.8) is 0 Å². The summed E-state index contributed by atoms with van der Waals surface area (Å²) in [4.78, 5) is 11.8. The van der Waals surface area contributed by atoms with E-state index in [1.807, 2.05) is 24.3 Å². The van der Waals surface area contributed by atoms with Crippen molar-refractivity contribution >= 4 is 5.69 Å². The van der Waals surface area contributed by atoms with E-state index < -0.39 is 5.76 Å². The van der Waals surface area contributed by atoms with Crippen molar-refractivity contribution in [2.75, 3.05) is 19.0 Å². The van der Waals surface area contributed by atoms with E-state index in [1.165, 1.54) is 26.4 Å². The Morgan fingerprint density at radius 3 is 2.45 bits per heavy atom. The molecule has 7 heteroatoms. The molecule has 0 aliphatic rings. The van der Waals surface area contributed by atoms with E-state index in [9.17, 15) is 4.79 Å². The van der Waals surface area contributed by atoms with Crippen molar-refractivity contribution in [2.45, 2.75) is 39.2 Å². The summed E-state index contributed by atoms with van der Waals surface area (Å²) in [5, 5.41) is 7.31. The van der Waals surface area contributed by atoms with Gasteiger partial charge in [0, 0.05) is 12.2 Å². The van der Waals surface area contributed by atoms with E-state index >= 15 is 0 Å². The molecule has 0 amide bonds. The number of hydrogen-bond acceptors (Lipinski definition) is 6. The van der Waals surface area contributed by atoms with Crippen LogP contribution in [0.2, 0.25) is 0 Å². The van der Waals surface area contributed by atoms with Gasteiger partial charge in [-0.25, -0.2) is 4.79 Å². The highest BCUT2D eigenvalue weighted by molar-refractivity contribution is 5.48. The SMILES string of the molecule is CCCCCCOc1ccc(CNc2ccc(-n3nc(OC)oc3=O)cc2)cc1. The number of nitrogens with one attached hydrogen (secondary N) is 1. The first-order valence-corrected chi connectivity index (χ1v) is 9.90. The number of ether oxygens (including phenoxy) is 2. The van der Waals surface area contributed by atoms with Gasteiger partial charge in [0.25, 0.3) is 0 Å². The molecule has 0 aliphatic heterocycles. The maximum absolute atomic E-state index is 11.8. The van der Waals surface area contributed by atoms with Crippen LogP contribution >= 0.6 is 0 Å². The molecule has 0 spiro atoms. The molecule has 0 saturated heterocycles. The maximum atomic E-state index is 11.8. The fraction of sp³-hybridized carbons (Fsp3) is 0.364. The molecule has 3 rings (SSSR count). The number of nitrogens with zero attached hydrogens (tertiary/aromatic N) is 2. The van der Waals surface area contributed by atoms with Gasteiger partial charge in [-0.05, 0) is 48.4 Å². The molecule has 0 bridgehead atoms. The molecule has 2 aromatic carbocycles. The lowest BCUT2D eigenvalue weighted by molar-refractivity contribution is 0.282. The number of methoxy groups -OCH3 is 1. The third-order valence-corrected chi connectivity index (χ3v) is 4.50. The van der Waals surface area contributed by atoms with Gasteiger partial charge in [-0.1, -0.05) is 43.4 Å². The second-order valence-corrected chi connectivity index (χ2v) is 6.70. The largest absolute Gasteiger partial charge is 0.494 e. The summed E-state index contributed by atoms with van der Waals surface area (Å²) in [6.07, 6.45) is 4.75. The van der Waals surface area contributed by atoms with Gasteiger partial charge in [0.05, 0.1) is 19.4 Å². The molecule has 3 aromatic rings. The Kier molecular flexibility index (Phi) is 7.33. The van der Waals surface area contributed by atoms with Gasteiger partial charge in [-0.3, -0.25) is 0 Å². The molecule has 0 unspecified atom stereocenters. The summed E-state index contributed by atoms with van der Waals surface area (Å²) in [7, 11) is 1.40. The van der Waals surface area contributed by atoms with Crippen molar-refractivity contribution < 1.29 is 13.9 Å². The summed E-state index contributed by atoms with van der Waals surface area (Å²) in [6, 6.07) is 15.5. The molecule has 0 radical (unpaired) electrons. The Morgan fingerprint density at radius 1 is 1.03 bits per heavy atom. The summed E-state index contributed by atoms with van der Waals surface area (Å²) in [5.41, 5.74) is 2.70. The van der Waals surface area contributed by atoms with E-state index in [4.69, 9.17) is 13.9 Å². The average Bonchev–Trinajstić information content (AvgIpc) is 3.14. The minimum atomic E-state index is -0.588. The second kappa shape index (κ2) is 10.4. The van der Waals surface area contributed by atoms with Crippen LogP contribution in [-0.2, 0) is 6.54 Å². The zero-order valence-corrected chi connectivity index (χ0v) is 16.9. The number of benzene rings is 2. The highest BCUT2D eigenvalue weighted by Gasteiger charge is 2.09. The first-order chi connectivity index (χ1) is 14.2. The predicted molar refractivity (Wildman–Crippen MR) is 112 cm³/mol. The molecular formula is C22H27N3O4. The van der Waals surface area contributed by atoms with Gasteiger partial charge in [0.1, 0.15) is 5.75 Å². The van der Waals surface area contributed by atoms with Crippen LogP contribution in [0.4, 0.5) is 5.69 Å². The third-order valence-electron chi connectivity index (χ3n) is 4.50. The molecule has 0 aliphatic carbocycles. The summed E-state index contributed by atoms with van der Waals surface area (Å²) in [5.74, 6) is 0.318. The third kappa shape index (κ3) is 5.88. The smallest absolute Gasteiger partial charge is 0.444 e. The summed E-state index contributed by atoms with van der Waals surface area (Å²) >= 11 is 0. The molecule has 1 aromatic heterocycles. The number of rotatable bonds is 11. The van der Waals surface area contributed by atoms with Crippen LogP contribution in [0.1, 0.15) is 38.2 Å². The highest BCUT2D eigenvalue weighted by Crippen LogP contribution is 2.16. The summed E-state index contributed by atoms with van der Waals surface area (Å²) in [6.45, 7) is 3.66. The molecule has 1 N–H and O–H groups in total.